The van der Waals surface area contributed by atoms with Crippen LogP contribution in [0.5, 0.6) is 0 Å². The summed E-state index contributed by atoms with van der Waals surface area (Å²) in [6.45, 7) is 3.72. The minimum Gasteiger partial charge on any atom is -0.376 e. The van der Waals surface area contributed by atoms with Crippen LogP contribution < -0.4 is 16.0 Å². The topological polar surface area (TPSA) is 90.5 Å². The van der Waals surface area contributed by atoms with Gasteiger partial charge in [0.1, 0.15) is 0 Å². The first-order valence-electron chi connectivity index (χ1n) is 9.06. The summed E-state index contributed by atoms with van der Waals surface area (Å²) in [5.41, 5.74) is 3.42. The zero-order valence-electron chi connectivity index (χ0n) is 16.6. The number of carbonyl (C=O) groups excluding carboxylic acids is 3. The van der Waals surface area contributed by atoms with Crippen LogP contribution in [0.3, 0.4) is 0 Å². The van der Waals surface area contributed by atoms with Crippen LogP contribution in [0, 0.1) is 6.92 Å². The Balaban J connectivity index is 1.98. The quantitative estimate of drug-likeness (QED) is 0.686. The van der Waals surface area contributed by atoms with Gasteiger partial charge in [0.15, 0.2) is 0 Å². The SMILES string of the molecule is CCC(=O)Nc1cc(NC(=O)CNc2cccc(C(=O)N(C)C)c2)ccc1C. The van der Waals surface area contributed by atoms with Crippen LogP contribution in [-0.4, -0.2) is 43.3 Å². The van der Waals surface area contributed by atoms with Crippen LogP contribution in [0.25, 0.3) is 0 Å². The molecule has 3 N–H and O–H groups in total. The van der Waals surface area contributed by atoms with Crippen molar-refractivity contribution in [3.63, 3.8) is 0 Å². The number of anilines is 3. The minimum absolute atomic E-state index is 0.0458. The van der Waals surface area contributed by atoms with Crippen LogP contribution in [0.4, 0.5) is 17.1 Å². The first-order chi connectivity index (χ1) is 13.3. The first kappa shape index (κ1) is 21.0. The van der Waals surface area contributed by atoms with Crippen molar-refractivity contribution in [1.29, 1.82) is 0 Å². The van der Waals surface area contributed by atoms with Gasteiger partial charge in [0, 0.05) is 43.1 Å². The van der Waals surface area contributed by atoms with Gasteiger partial charge >= 0.3 is 0 Å². The lowest BCUT2D eigenvalue weighted by molar-refractivity contribution is -0.116. The van der Waals surface area contributed by atoms with Gasteiger partial charge in [-0.15, -0.1) is 0 Å². The molecule has 0 bridgehead atoms. The molecule has 0 radical (unpaired) electrons. The number of amides is 3. The van der Waals surface area contributed by atoms with E-state index in [0.717, 1.165) is 5.56 Å². The predicted octanol–water partition coefficient (Wildman–Crippen LogP) is 3.10. The lowest BCUT2D eigenvalue weighted by Crippen LogP contribution is -2.23. The van der Waals surface area contributed by atoms with Gasteiger partial charge in [-0.3, -0.25) is 14.4 Å². The third-order valence-corrected chi connectivity index (χ3v) is 4.09. The number of aryl methyl sites for hydroxylation is 1. The summed E-state index contributed by atoms with van der Waals surface area (Å²) in [4.78, 5) is 37.4. The van der Waals surface area contributed by atoms with Gasteiger partial charge in [-0.25, -0.2) is 0 Å². The first-order valence-corrected chi connectivity index (χ1v) is 9.06. The van der Waals surface area contributed by atoms with E-state index in [0.29, 0.717) is 29.0 Å². The van der Waals surface area contributed by atoms with Gasteiger partial charge in [0.2, 0.25) is 11.8 Å². The maximum atomic E-state index is 12.3. The summed E-state index contributed by atoms with van der Waals surface area (Å²) in [5, 5.41) is 8.63. The lowest BCUT2D eigenvalue weighted by Gasteiger charge is -2.13. The van der Waals surface area contributed by atoms with E-state index in [1.807, 2.05) is 13.0 Å². The van der Waals surface area contributed by atoms with E-state index in [4.69, 9.17) is 0 Å². The molecule has 0 saturated carbocycles. The summed E-state index contributed by atoms with van der Waals surface area (Å²) in [7, 11) is 3.38. The van der Waals surface area contributed by atoms with Gasteiger partial charge < -0.3 is 20.9 Å². The summed E-state index contributed by atoms with van der Waals surface area (Å²) >= 11 is 0. The molecule has 0 spiro atoms. The van der Waals surface area contributed by atoms with Crippen LogP contribution in [0.15, 0.2) is 42.5 Å². The molecule has 2 aromatic carbocycles. The number of carbonyl (C=O) groups is 3. The van der Waals surface area contributed by atoms with Crippen LogP contribution in [0.1, 0.15) is 29.3 Å². The van der Waals surface area contributed by atoms with Gasteiger partial charge in [0.25, 0.3) is 5.91 Å². The lowest BCUT2D eigenvalue weighted by atomic mass is 10.1. The van der Waals surface area contributed by atoms with Crippen molar-refractivity contribution >= 4 is 34.8 Å². The average Bonchev–Trinajstić information content (AvgIpc) is 2.68. The molecule has 3 amide bonds. The van der Waals surface area contributed by atoms with Crippen molar-refractivity contribution < 1.29 is 14.4 Å². The van der Waals surface area contributed by atoms with Crippen molar-refractivity contribution in [1.82, 2.24) is 4.90 Å². The highest BCUT2D eigenvalue weighted by Gasteiger charge is 2.10. The van der Waals surface area contributed by atoms with Gasteiger partial charge in [-0.1, -0.05) is 19.1 Å². The van der Waals surface area contributed by atoms with E-state index in [9.17, 15) is 14.4 Å². The zero-order valence-corrected chi connectivity index (χ0v) is 16.6. The number of benzene rings is 2. The Hall–Kier alpha value is -3.35. The molecule has 0 atom stereocenters. The van der Waals surface area contributed by atoms with Crippen LogP contribution >= 0.6 is 0 Å². The van der Waals surface area contributed by atoms with Crippen molar-refractivity contribution in [3.05, 3.63) is 53.6 Å². The fourth-order valence-corrected chi connectivity index (χ4v) is 2.48. The third-order valence-electron chi connectivity index (χ3n) is 4.09. The fourth-order valence-electron chi connectivity index (χ4n) is 2.48. The van der Waals surface area contributed by atoms with Gasteiger partial charge in [-0.05, 0) is 42.8 Å². The second kappa shape index (κ2) is 9.55. The molecule has 7 nitrogen and oxygen atoms in total. The van der Waals surface area contributed by atoms with Gasteiger partial charge in [0.05, 0.1) is 6.54 Å². The highest BCUT2D eigenvalue weighted by atomic mass is 16.2. The number of nitrogens with one attached hydrogen (secondary N) is 3. The standard InChI is InChI=1S/C21H26N4O3/c1-5-19(26)24-18-12-17(10-9-14(18)2)23-20(27)13-22-16-8-6-7-15(11-16)21(28)25(3)4/h6-12,22H,5,13H2,1-4H3,(H,23,27)(H,24,26). The largest absolute Gasteiger partial charge is 0.376 e. The Kier molecular flexibility index (Phi) is 7.14. The molecular weight excluding hydrogens is 356 g/mol. The second-order valence-corrected chi connectivity index (χ2v) is 6.61. The summed E-state index contributed by atoms with van der Waals surface area (Å²) < 4.78 is 0. The fraction of sp³-hybridized carbons (Fsp3) is 0.286. The van der Waals surface area contributed by atoms with Crippen molar-refractivity contribution in [3.8, 4) is 0 Å². The molecule has 0 aromatic heterocycles. The molecule has 0 heterocycles. The molecule has 0 saturated heterocycles. The molecule has 2 aromatic rings. The minimum atomic E-state index is -0.235. The Morgan fingerprint density at radius 2 is 1.68 bits per heavy atom. The maximum Gasteiger partial charge on any atom is 0.253 e. The number of rotatable bonds is 7. The molecule has 28 heavy (non-hydrogen) atoms. The summed E-state index contributed by atoms with van der Waals surface area (Å²) in [6, 6.07) is 12.3. The maximum absolute atomic E-state index is 12.3. The van der Waals surface area contributed by atoms with E-state index < -0.39 is 0 Å². The Morgan fingerprint density at radius 3 is 2.36 bits per heavy atom. The van der Waals surface area contributed by atoms with Crippen LogP contribution in [0.2, 0.25) is 0 Å². The van der Waals surface area contributed by atoms with Crippen molar-refractivity contribution in [2.45, 2.75) is 20.3 Å². The molecular formula is C21H26N4O3. The highest BCUT2D eigenvalue weighted by Crippen LogP contribution is 2.20. The highest BCUT2D eigenvalue weighted by molar-refractivity contribution is 5.97. The normalized spacial score (nSPS) is 10.1. The molecule has 0 unspecified atom stereocenters. The second-order valence-electron chi connectivity index (χ2n) is 6.61. The monoisotopic (exact) mass is 382 g/mol. The predicted molar refractivity (Wildman–Crippen MR) is 112 cm³/mol. The van der Waals surface area contributed by atoms with E-state index in [-0.39, 0.29) is 24.3 Å². The van der Waals surface area contributed by atoms with E-state index >= 15 is 0 Å². The molecule has 0 fully saturated rings. The number of hydrogen-bond donors (Lipinski definition) is 3. The third kappa shape index (κ3) is 5.84. The number of hydrogen-bond acceptors (Lipinski definition) is 4. The molecule has 0 aliphatic carbocycles. The zero-order chi connectivity index (χ0) is 20.7. The number of nitrogens with zero attached hydrogens (tertiary/aromatic N) is 1. The van der Waals surface area contributed by atoms with Gasteiger partial charge in [-0.2, -0.15) is 0 Å². The van der Waals surface area contributed by atoms with E-state index in [1.165, 1.54) is 4.90 Å². The molecule has 7 heteroatoms. The Bertz CT molecular complexity index is 878. The molecule has 0 aliphatic rings. The van der Waals surface area contributed by atoms with E-state index in [2.05, 4.69) is 16.0 Å². The van der Waals surface area contributed by atoms with Crippen LogP contribution in [-0.2, 0) is 9.59 Å². The molecule has 148 valence electrons. The van der Waals surface area contributed by atoms with Crippen molar-refractivity contribution in [2.24, 2.45) is 0 Å². The van der Waals surface area contributed by atoms with E-state index in [1.54, 1.807) is 57.4 Å². The Morgan fingerprint density at radius 1 is 0.929 bits per heavy atom. The Labute approximate surface area is 165 Å². The van der Waals surface area contributed by atoms with Crippen molar-refractivity contribution in [2.75, 3.05) is 36.6 Å². The molecule has 2 rings (SSSR count). The summed E-state index contributed by atoms with van der Waals surface area (Å²) in [5.74, 6) is -0.421. The smallest absolute Gasteiger partial charge is 0.253 e. The molecule has 0 aliphatic heterocycles. The summed E-state index contributed by atoms with van der Waals surface area (Å²) in [6.07, 6.45) is 0.384. The average molecular weight is 382 g/mol.